The number of aliphatic hydroxyl groups is 1. The molecule has 29 heavy (non-hydrogen) atoms. The van der Waals surface area contributed by atoms with E-state index in [2.05, 4.69) is 26.0 Å². The summed E-state index contributed by atoms with van der Waals surface area (Å²) < 4.78 is 0.710. The van der Waals surface area contributed by atoms with E-state index in [1.165, 1.54) is 102 Å². The zero-order valence-electron chi connectivity index (χ0n) is 20.0. The fourth-order valence-corrected chi connectivity index (χ4v) is 4.64. The zero-order valence-corrected chi connectivity index (χ0v) is 20.0. The van der Waals surface area contributed by atoms with E-state index in [1.54, 1.807) is 0 Å². The Kier molecular flexibility index (Phi) is 15.5. The van der Waals surface area contributed by atoms with Crippen molar-refractivity contribution in [2.75, 3.05) is 19.6 Å². The van der Waals surface area contributed by atoms with Gasteiger partial charge in [-0.05, 0) is 39.0 Å². The van der Waals surface area contributed by atoms with Crippen molar-refractivity contribution in [3.05, 3.63) is 12.2 Å². The van der Waals surface area contributed by atoms with E-state index in [-0.39, 0.29) is 6.23 Å². The van der Waals surface area contributed by atoms with Crippen LogP contribution in [-0.2, 0) is 0 Å². The standard InChI is InChI=1S/C26H51N2O/c1-4-6-7-8-9-10-11-12-13-14-15-16-17-18-19-20-21-22-26-27-23-24-28(26,5-2)25(3)29/h15-16,25,29H,4-14,17-24H2,1-3H3/q+1/b16-15+. The first kappa shape index (κ1) is 26.4. The lowest BCUT2D eigenvalue weighted by molar-refractivity contribution is -0.882. The van der Waals surface area contributed by atoms with E-state index in [0.29, 0.717) is 4.48 Å². The molecule has 3 nitrogen and oxygen atoms in total. The molecule has 1 aliphatic rings. The highest BCUT2D eigenvalue weighted by Gasteiger charge is 2.40. The summed E-state index contributed by atoms with van der Waals surface area (Å²) in [5.41, 5.74) is 0. The van der Waals surface area contributed by atoms with E-state index < -0.39 is 0 Å². The molecule has 1 heterocycles. The molecule has 0 fully saturated rings. The summed E-state index contributed by atoms with van der Waals surface area (Å²) in [6.07, 6.45) is 25.9. The quantitative estimate of drug-likeness (QED) is 0.135. The topological polar surface area (TPSA) is 32.6 Å². The summed E-state index contributed by atoms with van der Waals surface area (Å²) in [5.74, 6) is 1.24. The molecule has 1 aliphatic heterocycles. The van der Waals surface area contributed by atoms with Crippen molar-refractivity contribution in [2.45, 2.75) is 130 Å². The average molecular weight is 408 g/mol. The van der Waals surface area contributed by atoms with Gasteiger partial charge in [0, 0.05) is 13.3 Å². The molecule has 0 radical (unpaired) electrons. The molecule has 0 bridgehead atoms. The van der Waals surface area contributed by atoms with Crippen LogP contribution >= 0.6 is 0 Å². The molecular weight excluding hydrogens is 356 g/mol. The number of rotatable bonds is 19. The van der Waals surface area contributed by atoms with Crippen LogP contribution in [0, 0.1) is 0 Å². The van der Waals surface area contributed by atoms with Gasteiger partial charge in [0.1, 0.15) is 6.54 Å². The summed E-state index contributed by atoms with van der Waals surface area (Å²) in [6, 6.07) is 0. The third-order valence-corrected chi connectivity index (χ3v) is 6.75. The minimum absolute atomic E-state index is 0.322. The zero-order chi connectivity index (χ0) is 21.2. The molecular formula is C26H51N2O+. The molecule has 2 atom stereocenters. The summed E-state index contributed by atoms with van der Waals surface area (Å²) in [5, 5.41) is 10.2. The van der Waals surface area contributed by atoms with Crippen molar-refractivity contribution in [3.8, 4) is 0 Å². The van der Waals surface area contributed by atoms with Crippen LogP contribution in [0.25, 0.3) is 0 Å². The Labute approximate surface area is 182 Å². The predicted octanol–water partition coefficient (Wildman–Crippen LogP) is 7.39. The van der Waals surface area contributed by atoms with Gasteiger partial charge >= 0.3 is 0 Å². The van der Waals surface area contributed by atoms with Crippen molar-refractivity contribution >= 4 is 5.84 Å². The highest BCUT2D eigenvalue weighted by atomic mass is 16.3. The maximum Gasteiger partial charge on any atom is 0.200 e. The lowest BCUT2D eigenvalue weighted by Gasteiger charge is -2.36. The number of quaternary nitrogens is 1. The van der Waals surface area contributed by atoms with Crippen LogP contribution in [0.15, 0.2) is 17.1 Å². The molecule has 0 amide bonds. The second kappa shape index (κ2) is 17.1. The summed E-state index contributed by atoms with van der Waals surface area (Å²) in [4.78, 5) is 4.71. The number of nitrogens with zero attached hydrogens (tertiary/aromatic N) is 2. The third kappa shape index (κ3) is 10.8. The normalized spacial score (nSPS) is 20.5. The SMILES string of the molecule is CCCCCCCCCCC/C=C/CCCCCCC1=NCC[N+]1(CC)C(C)O. The van der Waals surface area contributed by atoms with Gasteiger partial charge in [0.15, 0.2) is 6.23 Å². The van der Waals surface area contributed by atoms with Gasteiger partial charge in [-0.15, -0.1) is 0 Å². The van der Waals surface area contributed by atoms with Gasteiger partial charge in [0.25, 0.3) is 0 Å². The molecule has 1 N–H and O–H groups in total. The van der Waals surface area contributed by atoms with Crippen LogP contribution in [-0.4, -0.2) is 41.3 Å². The van der Waals surface area contributed by atoms with E-state index in [9.17, 15) is 5.11 Å². The number of amidine groups is 1. The van der Waals surface area contributed by atoms with E-state index in [1.807, 2.05) is 6.92 Å². The number of unbranched alkanes of at least 4 members (excludes halogenated alkanes) is 13. The first-order valence-electron chi connectivity index (χ1n) is 12.9. The maximum atomic E-state index is 10.2. The fourth-order valence-electron chi connectivity index (χ4n) is 4.64. The Balaban J connectivity index is 1.91. The molecule has 2 unspecified atom stereocenters. The minimum Gasteiger partial charge on any atom is -0.345 e. The van der Waals surface area contributed by atoms with Crippen LogP contribution in [0.3, 0.4) is 0 Å². The van der Waals surface area contributed by atoms with Gasteiger partial charge in [-0.25, -0.2) is 4.99 Å². The predicted molar refractivity (Wildman–Crippen MR) is 128 cm³/mol. The average Bonchev–Trinajstić information content (AvgIpc) is 3.14. The van der Waals surface area contributed by atoms with Gasteiger partial charge in [0.2, 0.25) is 5.84 Å². The second-order valence-electron chi connectivity index (χ2n) is 9.05. The number of aliphatic imine (C=N–C) groups is 1. The lowest BCUT2D eigenvalue weighted by atomic mass is 10.1. The molecule has 1 rings (SSSR count). The number of hydrogen-bond donors (Lipinski definition) is 1. The highest BCUT2D eigenvalue weighted by Crippen LogP contribution is 2.22. The molecule has 0 saturated carbocycles. The van der Waals surface area contributed by atoms with Gasteiger partial charge < -0.3 is 5.11 Å². The number of aliphatic hydroxyl groups excluding tert-OH is 1. The van der Waals surface area contributed by atoms with Crippen LogP contribution < -0.4 is 0 Å². The van der Waals surface area contributed by atoms with Crippen molar-refractivity contribution in [1.29, 1.82) is 0 Å². The molecule has 0 saturated heterocycles. The summed E-state index contributed by atoms with van der Waals surface area (Å²) in [7, 11) is 0. The van der Waals surface area contributed by atoms with Crippen molar-refractivity contribution < 1.29 is 9.59 Å². The number of hydrogen-bond acceptors (Lipinski definition) is 2. The number of allylic oxidation sites excluding steroid dienone is 2. The minimum atomic E-state index is -0.322. The van der Waals surface area contributed by atoms with Crippen LogP contribution in [0.5, 0.6) is 0 Å². The Morgan fingerprint density at radius 3 is 1.86 bits per heavy atom. The molecule has 0 aromatic heterocycles. The van der Waals surface area contributed by atoms with Gasteiger partial charge in [-0.3, -0.25) is 4.48 Å². The molecule has 3 heteroatoms. The Bertz CT molecular complexity index is 444. The molecule has 0 spiro atoms. The fraction of sp³-hybridized carbons (Fsp3) is 0.885. The van der Waals surface area contributed by atoms with Gasteiger partial charge in [-0.2, -0.15) is 0 Å². The molecule has 170 valence electrons. The first-order chi connectivity index (χ1) is 14.2. The smallest absolute Gasteiger partial charge is 0.200 e. The monoisotopic (exact) mass is 407 g/mol. The van der Waals surface area contributed by atoms with E-state index in [4.69, 9.17) is 4.99 Å². The van der Waals surface area contributed by atoms with E-state index in [0.717, 1.165) is 26.1 Å². The maximum absolute atomic E-state index is 10.2. The van der Waals surface area contributed by atoms with Crippen LogP contribution in [0.2, 0.25) is 0 Å². The Morgan fingerprint density at radius 1 is 0.828 bits per heavy atom. The molecule has 0 aliphatic carbocycles. The molecule has 0 aromatic carbocycles. The Hall–Kier alpha value is -0.670. The van der Waals surface area contributed by atoms with Crippen molar-refractivity contribution in [2.24, 2.45) is 4.99 Å². The summed E-state index contributed by atoms with van der Waals surface area (Å²) in [6.45, 7) is 9.21. The Morgan fingerprint density at radius 2 is 1.34 bits per heavy atom. The van der Waals surface area contributed by atoms with Gasteiger partial charge in [0.05, 0.1) is 13.1 Å². The first-order valence-corrected chi connectivity index (χ1v) is 12.9. The van der Waals surface area contributed by atoms with Crippen LogP contribution in [0.4, 0.5) is 0 Å². The van der Waals surface area contributed by atoms with E-state index >= 15 is 0 Å². The lowest BCUT2D eigenvalue weighted by Crippen LogP contribution is -2.56. The summed E-state index contributed by atoms with van der Waals surface area (Å²) >= 11 is 0. The van der Waals surface area contributed by atoms with Gasteiger partial charge in [-0.1, -0.05) is 83.3 Å². The second-order valence-corrected chi connectivity index (χ2v) is 9.05. The highest BCUT2D eigenvalue weighted by molar-refractivity contribution is 5.76. The third-order valence-electron chi connectivity index (χ3n) is 6.75. The largest absolute Gasteiger partial charge is 0.345 e. The number of likely N-dealkylation sites (N-methyl/N-ethyl adjacent to an activating group) is 1. The van der Waals surface area contributed by atoms with Crippen molar-refractivity contribution in [3.63, 3.8) is 0 Å². The molecule has 0 aromatic rings. The van der Waals surface area contributed by atoms with Crippen molar-refractivity contribution in [1.82, 2.24) is 0 Å². The van der Waals surface area contributed by atoms with Crippen LogP contribution in [0.1, 0.15) is 124 Å².